The van der Waals surface area contributed by atoms with E-state index in [1.54, 1.807) is 0 Å². The van der Waals surface area contributed by atoms with Gasteiger partial charge in [-0.15, -0.1) is 0 Å². The van der Waals surface area contributed by atoms with E-state index >= 15 is 0 Å². The van der Waals surface area contributed by atoms with Gasteiger partial charge in [0.15, 0.2) is 0 Å². The molecule has 0 heterocycles. The first-order valence-corrected chi connectivity index (χ1v) is 7.80. The molecule has 5 nitrogen and oxygen atoms in total. The van der Waals surface area contributed by atoms with Gasteiger partial charge in [0.25, 0.3) is 5.91 Å². The van der Waals surface area contributed by atoms with Crippen LogP contribution in [0, 0.1) is 5.92 Å². The Morgan fingerprint density at radius 3 is 2.40 bits per heavy atom. The largest absolute Gasteiger partial charge is 0.467 e. The number of amides is 1. The summed E-state index contributed by atoms with van der Waals surface area (Å²) >= 11 is 0. The number of methoxy groups -OCH3 is 1. The van der Waals surface area contributed by atoms with Gasteiger partial charge in [-0.1, -0.05) is 0 Å². The molecular weight excluding hydrogens is 339 g/mol. The molecule has 1 saturated carbocycles. The number of hydrogen-bond donors (Lipinski definition) is 1. The summed E-state index contributed by atoms with van der Waals surface area (Å²) < 4.78 is 42.4. The van der Waals surface area contributed by atoms with Crippen molar-refractivity contribution >= 4 is 17.7 Å². The van der Waals surface area contributed by atoms with E-state index in [4.69, 9.17) is 0 Å². The smallest absolute Gasteiger partial charge is 0.416 e. The molecule has 0 unspecified atom stereocenters. The van der Waals surface area contributed by atoms with Crippen LogP contribution in [0.2, 0.25) is 0 Å². The number of ether oxygens (including phenoxy) is 1. The van der Waals surface area contributed by atoms with Crippen molar-refractivity contribution in [2.45, 2.75) is 37.9 Å². The first-order valence-electron chi connectivity index (χ1n) is 7.80. The molecule has 0 spiro atoms. The number of ketones is 1. The Kier molecular flexibility index (Phi) is 5.81. The second-order valence-electron chi connectivity index (χ2n) is 5.94. The minimum atomic E-state index is -4.49. The summed E-state index contributed by atoms with van der Waals surface area (Å²) in [4.78, 5) is 35.9. The fourth-order valence-electron chi connectivity index (χ4n) is 2.87. The first-order chi connectivity index (χ1) is 11.7. The Bertz CT molecular complexity index is 655. The molecule has 25 heavy (non-hydrogen) atoms. The van der Waals surface area contributed by atoms with Gasteiger partial charge in [-0.25, -0.2) is 4.79 Å². The fraction of sp³-hybridized carbons (Fsp3) is 0.471. The molecule has 1 N–H and O–H groups in total. The van der Waals surface area contributed by atoms with Gasteiger partial charge >= 0.3 is 12.1 Å². The number of alkyl halides is 3. The van der Waals surface area contributed by atoms with Gasteiger partial charge in [0.2, 0.25) is 0 Å². The molecule has 0 radical (unpaired) electrons. The molecule has 0 aliphatic heterocycles. The molecule has 2 atom stereocenters. The number of carbonyl (C=O) groups is 3. The van der Waals surface area contributed by atoms with Crippen molar-refractivity contribution < 1.29 is 32.3 Å². The zero-order valence-electron chi connectivity index (χ0n) is 13.6. The Morgan fingerprint density at radius 1 is 1.24 bits per heavy atom. The van der Waals surface area contributed by atoms with Gasteiger partial charge in [0.05, 0.1) is 12.7 Å². The van der Waals surface area contributed by atoms with Crippen LogP contribution in [0.5, 0.6) is 0 Å². The van der Waals surface area contributed by atoms with Crippen LogP contribution in [0.4, 0.5) is 13.2 Å². The number of carbonyl (C=O) groups excluding carboxylic acids is 3. The molecular formula is C17H18F3NO4. The Labute approximate surface area is 142 Å². The van der Waals surface area contributed by atoms with Gasteiger partial charge in [-0.05, 0) is 43.0 Å². The predicted molar refractivity (Wildman–Crippen MR) is 81.7 cm³/mol. The summed E-state index contributed by atoms with van der Waals surface area (Å²) in [6.45, 7) is 0. The number of esters is 1. The van der Waals surface area contributed by atoms with E-state index in [2.05, 4.69) is 10.1 Å². The molecule has 1 aliphatic carbocycles. The number of benzene rings is 1. The highest BCUT2D eigenvalue weighted by molar-refractivity contribution is 5.97. The Morgan fingerprint density at radius 2 is 1.88 bits per heavy atom. The highest BCUT2D eigenvalue weighted by atomic mass is 19.4. The van der Waals surface area contributed by atoms with Crippen LogP contribution >= 0.6 is 0 Å². The van der Waals surface area contributed by atoms with Gasteiger partial charge in [-0.3, -0.25) is 9.59 Å². The Hall–Kier alpha value is -2.38. The maximum Gasteiger partial charge on any atom is 0.416 e. The van der Waals surface area contributed by atoms with Gasteiger partial charge in [0, 0.05) is 18.4 Å². The first kappa shape index (κ1) is 19.0. The highest BCUT2D eigenvalue weighted by Gasteiger charge is 2.35. The van der Waals surface area contributed by atoms with E-state index in [-0.39, 0.29) is 23.7 Å². The van der Waals surface area contributed by atoms with Crippen molar-refractivity contribution in [3.63, 3.8) is 0 Å². The minimum Gasteiger partial charge on any atom is -0.467 e. The lowest BCUT2D eigenvalue weighted by molar-refractivity contribution is -0.145. The van der Waals surface area contributed by atoms with Crippen LogP contribution in [0.1, 0.15) is 41.6 Å². The number of hydrogen-bond acceptors (Lipinski definition) is 4. The molecule has 8 heteroatoms. The normalized spacial score (nSPS) is 19.2. The lowest BCUT2D eigenvalue weighted by Gasteiger charge is -2.28. The van der Waals surface area contributed by atoms with Crippen molar-refractivity contribution in [1.82, 2.24) is 5.32 Å². The molecule has 1 fully saturated rings. The molecule has 0 aromatic heterocycles. The number of rotatable bonds is 4. The summed E-state index contributed by atoms with van der Waals surface area (Å²) in [6, 6.07) is 2.67. The molecule has 0 saturated heterocycles. The standard InChI is InChI=1S/C17H18F3NO4/c1-25-16(24)14(11-3-2-4-13(22)9-11)21-15(23)10-5-7-12(8-6-10)17(18,19)20/h5-8,11,14H,2-4,9H2,1H3,(H,21,23)/t11-,14-/m0/s1. The van der Waals surface area contributed by atoms with Crippen molar-refractivity contribution in [3.05, 3.63) is 35.4 Å². The van der Waals surface area contributed by atoms with Crippen LogP contribution < -0.4 is 5.32 Å². The number of halogens is 3. The third kappa shape index (κ3) is 4.80. The van der Waals surface area contributed by atoms with Crippen LogP contribution in [0.3, 0.4) is 0 Å². The minimum absolute atomic E-state index is 0.00827. The monoisotopic (exact) mass is 357 g/mol. The van der Waals surface area contributed by atoms with Crippen molar-refractivity contribution in [2.24, 2.45) is 5.92 Å². The SMILES string of the molecule is COC(=O)[C@@H](NC(=O)c1ccc(C(F)(F)F)cc1)[C@H]1CCCC(=O)C1. The molecule has 1 amide bonds. The van der Waals surface area contributed by atoms with Crippen LogP contribution in [0.15, 0.2) is 24.3 Å². The highest BCUT2D eigenvalue weighted by Crippen LogP contribution is 2.29. The predicted octanol–water partition coefficient (Wildman–Crippen LogP) is 2.74. The summed E-state index contributed by atoms with van der Waals surface area (Å²) in [6.07, 6.45) is -2.69. The van der Waals surface area contributed by atoms with Crippen molar-refractivity contribution in [3.8, 4) is 0 Å². The van der Waals surface area contributed by atoms with Gasteiger partial charge < -0.3 is 10.1 Å². The van der Waals surface area contributed by atoms with Crippen LogP contribution in [-0.4, -0.2) is 30.8 Å². The summed E-state index contributed by atoms with van der Waals surface area (Å²) in [5.74, 6) is -1.75. The van der Waals surface area contributed by atoms with Crippen molar-refractivity contribution in [2.75, 3.05) is 7.11 Å². The summed E-state index contributed by atoms with van der Waals surface area (Å²) in [7, 11) is 1.17. The van der Waals surface area contributed by atoms with E-state index < -0.39 is 29.7 Å². The molecule has 1 aromatic carbocycles. The molecule has 2 rings (SSSR count). The van der Waals surface area contributed by atoms with E-state index in [1.165, 1.54) is 7.11 Å². The Balaban J connectivity index is 2.13. The molecule has 0 bridgehead atoms. The second kappa shape index (κ2) is 7.67. The van der Waals surface area contributed by atoms with Gasteiger partial charge in [-0.2, -0.15) is 13.2 Å². The summed E-state index contributed by atoms with van der Waals surface area (Å²) in [5, 5.41) is 2.49. The van der Waals surface area contributed by atoms with Crippen LogP contribution in [-0.2, 0) is 20.5 Å². The average molecular weight is 357 g/mol. The zero-order valence-corrected chi connectivity index (χ0v) is 13.6. The third-order valence-corrected chi connectivity index (χ3v) is 4.21. The second-order valence-corrected chi connectivity index (χ2v) is 5.94. The molecule has 136 valence electrons. The fourth-order valence-corrected chi connectivity index (χ4v) is 2.87. The van der Waals surface area contributed by atoms with E-state index in [0.29, 0.717) is 19.3 Å². The molecule has 1 aliphatic rings. The molecule has 1 aromatic rings. The topological polar surface area (TPSA) is 72.5 Å². The lowest BCUT2D eigenvalue weighted by atomic mass is 9.83. The van der Waals surface area contributed by atoms with E-state index in [1.807, 2.05) is 0 Å². The van der Waals surface area contributed by atoms with Crippen LogP contribution in [0.25, 0.3) is 0 Å². The lowest BCUT2D eigenvalue weighted by Crippen LogP contribution is -2.48. The third-order valence-electron chi connectivity index (χ3n) is 4.21. The average Bonchev–Trinajstić information content (AvgIpc) is 2.58. The van der Waals surface area contributed by atoms with Crippen molar-refractivity contribution in [1.29, 1.82) is 0 Å². The zero-order chi connectivity index (χ0) is 18.6. The van der Waals surface area contributed by atoms with Gasteiger partial charge in [0.1, 0.15) is 11.8 Å². The maximum atomic E-state index is 12.6. The summed E-state index contributed by atoms with van der Waals surface area (Å²) in [5.41, 5.74) is -0.879. The number of nitrogens with one attached hydrogen (secondary N) is 1. The number of Topliss-reactive ketones (excluding diaryl/α,β-unsaturated/α-hetero) is 1. The van der Waals surface area contributed by atoms with E-state index in [0.717, 1.165) is 24.3 Å². The maximum absolute atomic E-state index is 12.6. The van der Waals surface area contributed by atoms with E-state index in [9.17, 15) is 27.6 Å². The quantitative estimate of drug-likeness (QED) is 0.841.